The first-order valence-electron chi connectivity index (χ1n) is 5.18. The minimum Gasteiger partial charge on any atom is -0.434 e. The van der Waals surface area contributed by atoms with Gasteiger partial charge in [-0.05, 0) is 18.8 Å². The van der Waals surface area contributed by atoms with Gasteiger partial charge in [-0.25, -0.2) is 4.79 Å². The van der Waals surface area contributed by atoms with Crippen LogP contribution in [0, 0.1) is 5.41 Å². The highest BCUT2D eigenvalue weighted by Crippen LogP contribution is 2.13. The van der Waals surface area contributed by atoms with Crippen molar-refractivity contribution in [2.75, 3.05) is 6.61 Å². The summed E-state index contributed by atoms with van der Waals surface area (Å²) in [6, 6.07) is 0. The zero-order valence-electron chi connectivity index (χ0n) is 9.92. The van der Waals surface area contributed by atoms with Crippen LogP contribution in [0.25, 0.3) is 0 Å². The van der Waals surface area contributed by atoms with Crippen LogP contribution in [0.4, 0.5) is 4.79 Å². The van der Waals surface area contributed by atoms with E-state index in [1.54, 1.807) is 0 Å². The Bertz CT molecular complexity index is 170. The highest BCUT2D eigenvalue weighted by Gasteiger charge is 2.15. The van der Waals surface area contributed by atoms with Crippen molar-refractivity contribution in [3.8, 4) is 0 Å². The van der Waals surface area contributed by atoms with E-state index in [2.05, 4.69) is 6.92 Å². The smallest absolute Gasteiger partial charge is 0.434 e. The molecule has 0 heterocycles. The molecule has 0 radical (unpaired) electrons. The molecule has 0 aliphatic carbocycles. The lowest BCUT2D eigenvalue weighted by Gasteiger charge is -2.18. The third kappa shape index (κ3) is 7.90. The summed E-state index contributed by atoms with van der Waals surface area (Å²) in [4.78, 5) is 11.1. The van der Waals surface area contributed by atoms with E-state index in [9.17, 15) is 4.79 Å². The molecule has 0 aromatic heterocycles. The average molecular weight is 202 g/mol. The van der Waals surface area contributed by atoms with Gasteiger partial charge in [-0.2, -0.15) is 0 Å². The molecule has 0 spiro atoms. The molecule has 0 N–H and O–H groups in total. The highest BCUT2D eigenvalue weighted by atomic mass is 16.7. The first kappa shape index (κ1) is 13.3. The molecule has 0 aromatic rings. The van der Waals surface area contributed by atoms with Crippen LogP contribution in [0.1, 0.15) is 47.5 Å². The molecule has 0 amide bonds. The van der Waals surface area contributed by atoms with Gasteiger partial charge >= 0.3 is 6.16 Å². The van der Waals surface area contributed by atoms with Gasteiger partial charge in [-0.15, -0.1) is 0 Å². The number of carbonyl (C=O) groups is 1. The standard InChI is InChI=1S/C11H22O3/c1-6-7-9(2)14-10(12)13-8-11(3,4)5/h9H,6-8H2,1-5H3. The van der Waals surface area contributed by atoms with Crippen molar-refractivity contribution in [3.63, 3.8) is 0 Å². The Hall–Kier alpha value is -0.730. The Labute approximate surface area is 86.8 Å². The molecule has 14 heavy (non-hydrogen) atoms. The maximum absolute atomic E-state index is 11.1. The third-order valence-corrected chi connectivity index (χ3v) is 1.62. The minimum absolute atomic E-state index is 0.00693. The summed E-state index contributed by atoms with van der Waals surface area (Å²) in [5.74, 6) is 0. The van der Waals surface area contributed by atoms with Crippen molar-refractivity contribution in [1.29, 1.82) is 0 Å². The summed E-state index contributed by atoms with van der Waals surface area (Å²) < 4.78 is 9.99. The third-order valence-electron chi connectivity index (χ3n) is 1.62. The lowest BCUT2D eigenvalue weighted by molar-refractivity contribution is 0.00974. The molecular formula is C11H22O3. The molecule has 0 aromatic carbocycles. The van der Waals surface area contributed by atoms with Crippen molar-refractivity contribution in [1.82, 2.24) is 0 Å². The average Bonchev–Trinajstić information content (AvgIpc) is 2.00. The second kappa shape index (κ2) is 5.89. The van der Waals surface area contributed by atoms with E-state index in [0.717, 1.165) is 12.8 Å². The topological polar surface area (TPSA) is 35.5 Å². The molecule has 0 bridgehead atoms. The van der Waals surface area contributed by atoms with Gasteiger partial charge in [0.25, 0.3) is 0 Å². The molecule has 3 nitrogen and oxygen atoms in total. The van der Waals surface area contributed by atoms with E-state index in [-0.39, 0.29) is 11.5 Å². The monoisotopic (exact) mass is 202 g/mol. The Morgan fingerprint density at radius 1 is 1.36 bits per heavy atom. The van der Waals surface area contributed by atoms with Gasteiger partial charge in [0.05, 0.1) is 6.61 Å². The number of carbonyl (C=O) groups excluding carboxylic acids is 1. The van der Waals surface area contributed by atoms with Gasteiger partial charge in [-0.3, -0.25) is 0 Å². The van der Waals surface area contributed by atoms with E-state index in [4.69, 9.17) is 9.47 Å². The van der Waals surface area contributed by atoms with Crippen LogP contribution in [-0.4, -0.2) is 18.9 Å². The summed E-state index contributed by atoms with van der Waals surface area (Å²) >= 11 is 0. The quantitative estimate of drug-likeness (QED) is 0.656. The second-order valence-electron chi connectivity index (χ2n) is 4.82. The molecule has 0 saturated carbocycles. The van der Waals surface area contributed by atoms with Gasteiger partial charge in [0, 0.05) is 0 Å². The number of ether oxygens (including phenoxy) is 2. The maximum Gasteiger partial charge on any atom is 0.508 e. The Morgan fingerprint density at radius 2 is 1.93 bits per heavy atom. The fraction of sp³-hybridized carbons (Fsp3) is 0.909. The maximum atomic E-state index is 11.1. The zero-order valence-corrected chi connectivity index (χ0v) is 9.92. The van der Waals surface area contributed by atoms with E-state index in [1.165, 1.54) is 0 Å². The Morgan fingerprint density at radius 3 is 2.36 bits per heavy atom. The zero-order chi connectivity index (χ0) is 11.2. The van der Waals surface area contributed by atoms with Crippen LogP contribution < -0.4 is 0 Å². The first-order valence-corrected chi connectivity index (χ1v) is 5.18. The summed E-state index contributed by atoms with van der Waals surface area (Å²) in [7, 11) is 0. The molecule has 1 atom stereocenters. The van der Waals surface area contributed by atoms with Gasteiger partial charge in [0.1, 0.15) is 6.10 Å². The second-order valence-corrected chi connectivity index (χ2v) is 4.82. The van der Waals surface area contributed by atoms with Crippen molar-refractivity contribution < 1.29 is 14.3 Å². The van der Waals surface area contributed by atoms with Crippen LogP contribution in [0.5, 0.6) is 0 Å². The predicted octanol–water partition coefficient (Wildman–Crippen LogP) is 3.37. The molecule has 1 unspecified atom stereocenters. The summed E-state index contributed by atoms with van der Waals surface area (Å²) in [6.45, 7) is 10.4. The number of rotatable bonds is 4. The fourth-order valence-electron chi connectivity index (χ4n) is 0.939. The molecule has 0 rings (SSSR count). The van der Waals surface area contributed by atoms with Crippen molar-refractivity contribution in [2.24, 2.45) is 5.41 Å². The molecule has 3 heteroatoms. The summed E-state index contributed by atoms with van der Waals surface area (Å²) in [6.07, 6.45) is 1.28. The predicted molar refractivity (Wildman–Crippen MR) is 56.3 cm³/mol. The van der Waals surface area contributed by atoms with Crippen LogP contribution in [-0.2, 0) is 9.47 Å². The van der Waals surface area contributed by atoms with Gasteiger partial charge in [0.15, 0.2) is 0 Å². The van der Waals surface area contributed by atoms with Crippen molar-refractivity contribution in [3.05, 3.63) is 0 Å². The van der Waals surface area contributed by atoms with Gasteiger partial charge < -0.3 is 9.47 Å². The SMILES string of the molecule is CCCC(C)OC(=O)OCC(C)(C)C. The van der Waals surface area contributed by atoms with Gasteiger partial charge in [0.2, 0.25) is 0 Å². The van der Waals surface area contributed by atoms with Crippen LogP contribution >= 0.6 is 0 Å². The van der Waals surface area contributed by atoms with Crippen molar-refractivity contribution >= 4 is 6.16 Å². The van der Waals surface area contributed by atoms with E-state index in [1.807, 2.05) is 27.7 Å². The summed E-state index contributed by atoms with van der Waals surface area (Å²) in [5.41, 5.74) is -0.00693. The lowest BCUT2D eigenvalue weighted by atomic mass is 9.99. The van der Waals surface area contributed by atoms with Crippen LogP contribution in [0.3, 0.4) is 0 Å². The van der Waals surface area contributed by atoms with Crippen molar-refractivity contribution in [2.45, 2.75) is 53.6 Å². The van der Waals surface area contributed by atoms with Gasteiger partial charge in [-0.1, -0.05) is 34.1 Å². The normalized spacial score (nSPS) is 13.5. The molecule has 0 fully saturated rings. The highest BCUT2D eigenvalue weighted by molar-refractivity contribution is 5.60. The van der Waals surface area contributed by atoms with Crippen LogP contribution in [0.2, 0.25) is 0 Å². The Balaban J connectivity index is 3.65. The van der Waals surface area contributed by atoms with E-state index >= 15 is 0 Å². The fourth-order valence-corrected chi connectivity index (χ4v) is 0.939. The number of hydrogen-bond acceptors (Lipinski definition) is 3. The largest absolute Gasteiger partial charge is 0.508 e. The lowest BCUT2D eigenvalue weighted by Crippen LogP contribution is -2.21. The molecular weight excluding hydrogens is 180 g/mol. The Kier molecular flexibility index (Phi) is 5.58. The van der Waals surface area contributed by atoms with Crippen LogP contribution in [0.15, 0.2) is 0 Å². The molecule has 84 valence electrons. The van der Waals surface area contributed by atoms with E-state index < -0.39 is 6.16 Å². The first-order chi connectivity index (χ1) is 6.35. The molecule has 0 aliphatic heterocycles. The number of hydrogen-bond donors (Lipinski definition) is 0. The molecule has 0 saturated heterocycles. The summed E-state index contributed by atoms with van der Waals surface area (Å²) in [5, 5.41) is 0. The molecule has 0 aliphatic rings. The van der Waals surface area contributed by atoms with E-state index in [0.29, 0.717) is 6.61 Å². The minimum atomic E-state index is -0.555.